The van der Waals surface area contributed by atoms with Gasteiger partial charge in [0, 0.05) is 10.7 Å². The van der Waals surface area contributed by atoms with Crippen LogP contribution in [-0.4, -0.2) is 34.7 Å². The lowest BCUT2D eigenvalue weighted by Crippen LogP contribution is -2.52. The van der Waals surface area contributed by atoms with E-state index in [1.807, 2.05) is 0 Å². The molecule has 7 nitrogen and oxygen atoms in total. The lowest BCUT2D eigenvalue weighted by Gasteiger charge is -2.24. The Morgan fingerprint density at radius 2 is 2.18 bits per heavy atom. The smallest absolute Gasteiger partial charge is 0.408 e. The minimum Gasteiger partial charge on any atom is -0.484 e. The van der Waals surface area contributed by atoms with E-state index in [0.717, 1.165) is 4.47 Å². The molecule has 2 heterocycles. The first-order valence-electron chi connectivity index (χ1n) is 6.78. The van der Waals surface area contributed by atoms with Gasteiger partial charge in [-0.1, -0.05) is 0 Å². The molecule has 0 saturated carbocycles. The van der Waals surface area contributed by atoms with E-state index in [9.17, 15) is 9.59 Å². The van der Waals surface area contributed by atoms with Crippen LogP contribution in [0.25, 0.3) is 0 Å². The molecule has 0 spiro atoms. The van der Waals surface area contributed by atoms with Crippen molar-refractivity contribution in [3.05, 3.63) is 16.7 Å². The topological polar surface area (TPSA) is 89.5 Å². The summed E-state index contributed by atoms with van der Waals surface area (Å²) >= 11 is 3.29. The summed E-state index contributed by atoms with van der Waals surface area (Å²) in [6.45, 7) is 6.93. The first-order valence-corrected chi connectivity index (χ1v) is 7.57. The van der Waals surface area contributed by atoms with Gasteiger partial charge >= 0.3 is 6.09 Å². The minimum absolute atomic E-state index is 0.313. The van der Waals surface area contributed by atoms with Gasteiger partial charge in [-0.25, -0.2) is 9.78 Å². The number of pyridine rings is 1. The van der Waals surface area contributed by atoms with Gasteiger partial charge in [-0.15, -0.1) is 0 Å². The van der Waals surface area contributed by atoms with Crippen molar-refractivity contribution >= 4 is 33.7 Å². The third-order valence-corrected chi connectivity index (χ3v) is 3.23. The maximum absolute atomic E-state index is 12.3. The van der Waals surface area contributed by atoms with Crippen LogP contribution in [0.5, 0.6) is 5.75 Å². The average molecular weight is 372 g/mol. The number of rotatable bonds is 1. The second-order valence-electron chi connectivity index (χ2n) is 5.94. The number of hydrogen-bond acceptors (Lipinski definition) is 5. The lowest BCUT2D eigenvalue weighted by atomic mass is 10.1. The average Bonchev–Trinajstić information content (AvgIpc) is 2.46. The largest absolute Gasteiger partial charge is 0.484 e. The van der Waals surface area contributed by atoms with Gasteiger partial charge in [0.15, 0.2) is 11.6 Å². The van der Waals surface area contributed by atoms with Crippen LogP contribution in [0.1, 0.15) is 27.7 Å². The van der Waals surface area contributed by atoms with E-state index < -0.39 is 29.7 Å². The van der Waals surface area contributed by atoms with Crippen LogP contribution in [0, 0.1) is 0 Å². The molecule has 8 heteroatoms. The number of nitrogens with one attached hydrogen (secondary N) is 2. The molecule has 0 radical (unpaired) electrons. The highest BCUT2D eigenvalue weighted by atomic mass is 79.9. The van der Waals surface area contributed by atoms with Crippen molar-refractivity contribution < 1.29 is 19.1 Å². The van der Waals surface area contributed by atoms with Gasteiger partial charge in [0.25, 0.3) is 5.91 Å². The van der Waals surface area contributed by atoms with Crippen molar-refractivity contribution in [3.63, 3.8) is 0 Å². The second kappa shape index (κ2) is 6.12. The Morgan fingerprint density at radius 1 is 1.50 bits per heavy atom. The van der Waals surface area contributed by atoms with Crippen molar-refractivity contribution in [1.82, 2.24) is 10.3 Å². The minimum atomic E-state index is -0.886. The molecule has 0 bridgehead atoms. The van der Waals surface area contributed by atoms with E-state index in [-0.39, 0.29) is 0 Å². The highest BCUT2D eigenvalue weighted by Gasteiger charge is 2.34. The van der Waals surface area contributed by atoms with Crippen LogP contribution < -0.4 is 15.4 Å². The van der Waals surface area contributed by atoms with Crippen LogP contribution in [0.15, 0.2) is 16.7 Å². The van der Waals surface area contributed by atoms with Gasteiger partial charge < -0.3 is 20.1 Å². The number of ether oxygens (including phenoxy) is 2. The molecular weight excluding hydrogens is 354 g/mol. The number of fused-ring (bicyclic) bond motifs is 1. The lowest BCUT2D eigenvalue weighted by molar-refractivity contribution is -0.119. The van der Waals surface area contributed by atoms with Crippen molar-refractivity contribution in [3.8, 4) is 5.75 Å². The number of aromatic nitrogens is 1. The number of carbonyl (C=O) groups excluding carboxylic acids is 2. The van der Waals surface area contributed by atoms with Crippen LogP contribution in [0.2, 0.25) is 0 Å². The predicted molar refractivity (Wildman–Crippen MR) is 83.8 cm³/mol. The molecular formula is C14H18BrN3O4. The summed E-state index contributed by atoms with van der Waals surface area (Å²) in [7, 11) is 0. The van der Waals surface area contributed by atoms with E-state index in [4.69, 9.17) is 9.47 Å². The van der Waals surface area contributed by atoms with Crippen LogP contribution in [0.4, 0.5) is 10.6 Å². The number of carbonyl (C=O) groups is 2. The molecule has 2 N–H and O–H groups in total. The van der Waals surface area contributed by atoms with Gasteiger partial charge in [0.1, 0.15) is 17.7 Å². The molecule has 0 aliphatic carbocycles. The molecule has 2 amide bonds. The Labute approximate surface area is 136 Å². The molecule has 1 aromatic heterocycles. The zero-order chi connectivity index (χ0) is 16.5. The maximum atomic E-state index is 12.3. The molecule has 1 aromatic rings. The summed E-state index contributed by atoms with van der Waals surface area (Å²) in [5.41, 5.74) is -0.648. The molecule has 0 fully saturated rings. The molecule has 0 unspecified atom stereocenters. The van der Waals surface area contributed by atoms with E-state index in [2.05, 4.69) is 31.5 Å². The quantitative estimate of drug-likeness (QED) is 0.791. The molecule has 2 atom stereocenters. The SMILES string of the molecule is C[C@H]1Oc2cc(Br)cnc2NC(=O)[C@H]1NC(=O)OC(C)(C)C. The molecule has 1 aliphatic heterocycles. The van der Waals surface area contributed by atoms with E-state index in [1.54, 1.807) is 40.0 Å². The van der Waals surface area contributed by atoms with Gasteiger partial charge in [-0.2, -0.15) is 0 Å². The number of hydrogen-bond donors (Lipinski definition) is 2. The number of anilines is 1. The maximum Gasteiger partial charge on any atom is 0.408 e. The summed E-state index contributed by atoms with van der Waals surface area (Å²) in [6.07, 6.45) is 0.294. The molecule has 2 rings (SSSR count). The number of halogens is 1. The fraction of sp³-hybridized carbons (Fsp3) is 0.500. The Kier molecular flexibility index (Phi) is 4.60. The molecule has 120 valence electrons. The van der Waals surface area contributed by atoms with Crippen LogP contribution >= 0.6 is 15.9 Å². The van der Waals surface area contributed by atoms with Crippen LogP contribution in [-0.2, 0) is 9.53 Å². The molecule has 0 saturated heterocycles. The highest BCUT2D eigenvalue weighted by Crippen LogP contribution is 2.29. The summed E-state index contributed by atoms with van der Waals surface area (Å²) in [5.74, 6) is 0.337. The Hall–Kier alpha value is -1.83. The van der Waals surface area contributed by atoms with E-state index in [1.165, 1.54) is 0 Å². The van der Waals surface area contributed by atoms with Crippen molar-refractivity contribution in [2.45, 2.75) is 45.4 Å². The summed E-state index contributed by atoms with van der Waals surface area (Å²) in [4.78, 5) is 28.2. The Bertz CT molecular complexity index is 600. The van der Waals surface area contributed by atoms with Crippen molar-refractivity contribution in [1.29, 1.82) is 0 Å². The fourth-order valence-electron chi connectivity index (χ4n) is 1.90. The Morgan fingerprint density at radius 3 is 2.82 bits per heavy atom. The summed E-state index contributed by atoms with van der Waals surface area (Å²) in [6, 6.07) is 0.817. The standard InChI is InChI=1S/C14H18BrN3O4/c1-7-10(17-13(20)22-14(2,3)4)12(19)18-11-9(21-7)5-8(15)6-16-11/h5-7,10H,1-4H3,(H,17,20)(H,16,18,19)/t7-,10+/m1/s1. The molecule has 0 aromatic carbocycles. The first-order chi connectivity index (χ1) is 10.2. The third-order valence-electron chi connectivity index (χ3n) is 2.80. The zero-order valence-corrected chi connectivity index (χ0v) is 14.4. The monoisotopic (exact) mass is 371 g/mol. The number of nitrogens with zero attached hydrogens (tertiary/aromatic N) is 1. The second-order valence-corrected chi connectivity index (χ2v) is 6.85. The van der Waals surface area contributed by atoms with Crippen molar-refractivity contribution in [2.24, 2.45) is 0 Å². The van der Waals surface area contributed by atoms with Crippen molar-refractivity contribution in [2.75, 3.05) is 5.32 Å². The van der Waals surface area contributed by atoms with Gasteiger partial charge in [-0.3, -0.25) is 4.79 Å². The van der Waals surface area contributed by atoms with Gasteiger partial charge in [0.05, 0.1) is 0 Å². The van der Waals surface area contributed by atoms with E-state index in [0.29, 0.717) is 11.6 Å². The molecule has 1 aliphatic rings. The fourth-order valence-corrected chi connectivity index (χ4v) is 2.21. The predicted octanol–water partition coefficient (Wildman–Crippen LogP) is 2.46. The van der Waals surface area contributed by atoms with E-state index >= 15 is 0 Å². The number of alkyl carbamates (subject to hydrolysis) is 1. The summed E-state index contributed by atoms with van der Waals surface area (Å²) < 4.78 is 11.6. The normalized spacial score (nSPS) is 21.0. The first kappa shape index (κ1) is 16.5. The number of amides is 2. The van der Waals surface area contributed by atoms with Gasteiger partial charge in [0.2, 0.25) is 0 Å². The summed E-state index contributed by atoms with van der Waals surface area (Å²) in [5, 5.41) is 5.16. The zero-order valence-electron chi connectivity index (χ0n) is 12.8. The van der Waals surface area contributed by atoms with Gasteiger partial charge in [-0.05, 0) is 49.7 Å². The van der Waals surface area contributed by atoms with Crippen LogP contribution in [0.3, 0.4) is 0 Å². The Balaban J connectivity index is 2.15. The third kappa shape index (κ3) is 4.09. The highest BCUT2D eigenvalue weighted by molar-refractivity contribution is 9.10. The molecule has 22 heavy (non-hydrogen) atoms.